The van der Waals surface area contributed by atoms with Gasteiger partial charge in [0.25, 0.3) is 0 Å². The summed E-state index contributed by atoms with van der Waals surface area (Å²) in [6, 6.07) is 3.84. The van der Waals surface area contributed by atoms with Gasteiger partial charge in [0.1, 0.15) is 35.6 Å². The van der Waals surface area contributed by atoms with Crippen molar-refractivity contribution in [2.45, 2.75) is 114 Å². The topological polar surface area (TPSA) is 204 Å². The Morgan fingerprint density at radius 3 is 2.44 bits per heavy atom. The fourth-order valence-electron chi connectivity index (χ4n) is 7.68. The molecule has 1 unspecified atom stereocenters. The van der Waals surface area contributed by atoms with Gasteiger partial charge in [-0.2, -0.15) is 0 Å². The average Bonchev–Trinajstić information content (AvgIpc) is 3.06. The van der Waals surface area contributed by atoms with E-state index in [9.17, 15) is 34.8 Å². The molecule has 0 bridgehead atoms. The lowest BCUT2D eigenvalue weighted by Gasteiger charge is -2.43. The van der Waals surface area contributed by atoms with Gasteiger partial charge in [-0.05, 0) is 32.8 Å². The fourth-order valence-corrected chi connectivity index (χ4v) is 7.68. The van der Waals surface area contributed by atoms with Gasteiger partial charge in [-0.3, -0.25) is 14.4 Å². The number of nitrogens with two attached hydrogens (primary N) is 1. The van der Waals surface area contributed by atoms with Crippen LogP contribution < -0.4 is 10.5 Å². The molecule has 1 saturated carbocycles. The zero-order valence-corrected chi connectivity index (χ0v) is 27.3. The molecule has 0 amide bonds. The summed E-state index contributed by atoms with van der Waals surface area (Å²) in [7, 11) is 1.34. The molecule has 13 heteroatoms. The lowest BCUT2D eigenvalue weighted by Crippen LogP contribution is -2.55. The number of hydrogen-bond acceptors (Lipinski definition) is 13. The second-order valence-corrected chi connectivity index (χ2v) is 13.2. The number of aliphatic hydroxyl groups is 2. The summed E-state index contributed by atoms with van der Waals surface area (Å²) >= 11 is 0. The normalized spacial score (nSPS) is 29.5. The number of benzene rings is 2. The molecule has 2 fully saturated rings. The number of aliphatic hydroxyl groups excluding tert-OH is 1. The van der Waals surface area contributed by atoms with Crippen molar-refractivity contribution in [2.75, 3.05) is 13.7 Å². The van der Waals surface area contributed by atoms with Crippen LogP contribution in [0.2, 0.25) is 0 Å². The molecule has 0 radical (unpaired) electrons. The molecule has 6 N–H and O–H groups in total. The summed E-state index contributed by atoms with van der Waals surface area (Å²) in [5, 5.41) is 44.4. The zero-order chi connectivity index (χ0) is 34.5. The second-order valence-electron chi connectivity index (χ2n) is 13.2. The average molecular weight is 670 g/mol. The van der Waals surface area contributed by atoms with Crippen LogP contribution in [0, 0.1) is 0 Å². The first kappa shape index (κ1) is 34.4. The Morgan fingerprint density at radius 1 is 1.06 bits per heavy atom. The van der Waals surface area contributed by atoms with Crippen LogP contribution in [-0.2, 0) is 30.2 Å². The number of ketones is 3. The van der Waals surface area contributed by atoms with Gasteiger partial charge in [0.05, 0.1) is 42.1 Å². The van der Waals surface area contributed by atoms with Crippen LogP contribution in [0.1, 0.15) is 108 Å². The van der Waals surface area contributed by atoms with Crippen molar-refractivity contribution in [3.05, 3.63) is 51.6 Å². The molecular weight excluding hydrogens is 626 g/mol. The van der Waals surface area contributed by atoms with Crippen molar-refractivity contribution >= 4 is 17.3 Å². The first-order valence-corrected chi connectivity index (χ1v) is 16.5. The molecule has 1 heterocycles. The van der Waals surface area contributed by atoms with Gasteiger partial charge in [-0.1, -0.05) is 31.4 Å². The summed E-state index contributed by atoms with van der Waals surface area (Å²) in [5.41, 5.74) is 3.03. The first-order valence-electron chi connectivity index (χ1n) is 16.5. The Labute approximate surface area is 277 Å². The third-order valence-electron chi connectivity index (χ3n) is 10.1. The van der Waals surface area contributed by atoms with Crippen molar-refractivity contribution in [1.82, 2.24) is 0 Å². The second kappa shape index (κ2) is 13.5. The van der Waals surface area contributed by atoms with E-state index in [1.807, 2.05) is 6.92 Å². The molecule has 3 aliphatic carbocycles. The number of fused-ring (bicyclic) bond motifs is 3. The van der Waals surface area contributed by atoms with E-state index in [1.165, 1.54) is 31.7 Å². The van der Waals surface area contributed by atoms with Crippen molar-refractivity contribution in [3.63, 3.8) is 0 Å². The molecule has 0 spiro atoms. The number of hydrogen-bond donors (Lipinski definition) is 5. The molecule has 0 aromatic heterocycles. The number of carbonyl (C=O) groups excluding carboxylic acids is 3. The molecule has 260 valence electrons. The van der Waals surface area contributed by atoms with E-state index in [4.69, 9.17) is 29.4 Å². The van der Waals surface area contributed by atoms with E-state index >= 15 is 0 Å². The van der Waals surface area contributed by atoms with E-state index < -0.39 is 102 Å². The van der Waals surface area contributed by atoms with Crippen LogP contribution in [0.25, 0.3) is 0 Å². The van der Waals surface area contributed by atoms with E-state index in [0.717, 1.165) is 25.7 Å². The van der Waals surface area contributed by atoms with Crippen LogP contribution in [0.15, 0.2) is 18.2 Å². The smallest absolute Gasteiger partial charge is 0.202 e. The third-order valence-corrected chi connectivity index (χ3v) is 10.1. The van der Waals surface area contributed by atoms with Crippen LogP contribution in [0.5, 0.6) is 17.2 Å². The molecule has 2 aromatic rings. The van der Waals surface area contributed by atoms with Gasteiger partial charge in [0.15, 0.2) is 24.1 Å². The van der Waals surface area contributed by atoms with Crippen molar-refractivity contribution < 1.29 is 58.5 Å². The van der Waals surface area contributed by atoms with E-state index in [-0.39, 0.29) is 40.5 Å². The maximum Gasteiger partial charge on any atom is 0.202 e. The van der Waals surface area contributed by atoms with Gasteiger partial charge in [0, 0.05) is 42.0 Å². The summed E-state index contributed by atoms with van der Waals surface area (Å²) in [5.74, 6) is -3.68. The highest BCUT2D eigenvalue weighted by atomic mass is 16.7. The summed E-state index contributed by atoms with van der Waals surface area (Å²) in [6.07, 6.45) is 0.612. The fraction of sp³-hybridized carbons (Fsp3) is 0.571. The van der Waals surface area contributed by atoms with Crippen LogP contribution in [0.3, 0.4) is 0 Å². The number of ether oxygens (including phenoxy) is 5. The minimum Gasteiger partial charge on any atom is -0.507 e. The van der Waals surface area contributed by atoms with E-state index in [2.05, 4.69) is 0 Å². The lowest BCUT2D eigenvalue weighted by atomic mass is 9.72. The number of aromatic hydroxyl groups is 2. The predicted octanol–water partition coefficient (Wildman–Crippen LogP) is 2.72. The van der Waals surface area contributed by atoms with E-state index in [1.54, 1.807) is 6.92 Å². The molecule has 4 aliphatic rings. The SMILES string of the molecule is COc1cccc2c1C(=O)c1c(O)c3c(c(O)c1C2=O)C[C@@](O)(C(=O)CO)C[C@@H]3O[C@H]1C[C@H](N)[C@H](OC(C)OC2CCCCC2)[C@H](C)O1. The number of phenolic OH excluding ortho intramolecular Hbond substituents is 2. The Balaban J connectivity index is 1.31. The Hall–Kier alpha value is -3.43. The maximum absolute atomic E-state index is 13.9. The van der Waals surface area contributed by atoms with Gasteiger partial charge < -0.3 is 49.8 Å². The number of Topliss-reactive ketones (excluding diaryl/α,β-unsaturated/α-hetero) is 1. The molecule has 13 nitrogen and oxygen atoms in total. The Morgan fingerprint density at radius 2 is 1.77 bits per heavy atom. The molecule has 1 aliphatic heterocycles. The van der Waals surface area contributed by atoms with Gasteiger partial charge in [0.2, 0.25) is 5.78 Å². The molecular formula is C35H43NO12. The van der Waals surface area contributed by atoms with Crippen molar-refractivity contribution in [3.8, 4) is 17.2 Å². The first-order chi connectivity index (χ1) is 22.9. The highest BCUT2D eigenvalue weighted by Gasteiger charge is 2.50. The van der Waals surface area contributed by atoms with Crippen LogP contribution in [-0.4, -0.2) is 94.0 Å². The van der Waals surface area contributed by atoms with Crippen molar-refractivity contribution in [1.29, 1.82) is 0 Å². The van der Waals surface area contributed by atoms with Gasteiger partial charge >= 0.3 is 0 Å². The summed E-state index contributed by atoms with van der Waals surface area (Å²) in [4.78, 5) is 40.4. The number of phenols is 2. The maximum atomic E-state index is 13.9. The van der Waals surface area contributed by atoms with E-state index in [0.29, 0.717) is 0 Å². The van der Waals surface area contributed by atoms with Gasteiger partial charge in [-0.15, -0.1) is 0 Å². The molecule has 6 rings (SSSR count). The highest BCUT2D eigenvalue weighted by Crippen LogP contribution is 2.52. The third kappa shape index (κ3) is 6.02. The Bertz CT molecular complexity index is 1590. The molecule has 48 heavy (non-hydrogen) atoms. The lowest BCUT2D eigenvalue weighted by molar-refractivity contribution is -0.280. The standard InChI is InChI=1S/C35H43NO12/c1-16-34(47-17(2)46-18-8-5-4-6-9-18)21(36)12-25(45-16)48-23-14-35(43,24(38)15-37)13-20-27(23)33(42)29-28(31(20)40)30(39)19-10-7-11-22(44-3)26(19)32(29)41/h7,10-11,16-18,21,23,25,34,37,40,42-43H,4-6,8-9,12-15,36H2,1-3H3/t16-,17?,21-,23-,25-,34+,35-/m0/s1. The highest BCUT2D eigenvalue weighted by molar-refractivity contribution is 6.31. The minimum absolute atomic E-state index is 0.0411. The number of carbonyl (C=O) groups is 3. The largest absolute Gasteiger partial charge is 0.507 e. The van der Waals surface area contributed by atoms with Crippen LogP contribution in [0.4, 0.5) is 0 Å². The van der Waals surface area contributed by atoms with Crippen LogP contribution >= 0.6 is 0 Å². The number of methoxy groups -OCH3 is 1. The molecule has 7 atom stereocenters. The zero-order valence-electron chi connectivity index (χ0n) is 27.3. The summed E-state index contributed by atoms with van der Waals surface area (Å²) < 4.78 is 30.0. The quantitative estimate of drug-likeness (QED) is 0.164. The van der Waals surface area contributed by atoms with Gasteiger partial charge in [-0.25, -0.2) is 0 Å². The van der Waals surface area contributed by atoms with Crippen molar-refractivity contribution in [2.24, 2.45) is 5.73 Å². The minimum atomic E-state index is -2.24. The predicted molar refractivity (Wildman–Crippen MR) is 168 cm³/mol. The molecule has 2 aromatic carbocycles. The monoisotopic (exact) mass is 669 g/mol. The number of rotatable bonds is 9. The Kier molecular flexibility index (Phi) is 9.66. The summed E-state index contributed by atoms with van der Waals surface area (Å²) in [6.45, 7) is 2.58. The molecule has 1 saturated heterocycles.